The average Bonchev–Trinajstić information content (AvgIpc) is 2.22. The molecule has 17 heavy (non-hydrogen) atoms. The molecule has 102 valence electrons. The van der Waals surface area contributed by atoms with Gasteiger partial charge in [-0.25, -0.2) is 0 Å². The van der Waals surface area contributed by atoms with Crippen molar-refractivity contribution in [3.8, 4) is 0 Å². The Morgan fingerprint density at radius 3 is 2.41 bits per heavy atom. The van der Waals surface area contributed by atoms with Crippen molar-refractivity contribution < 1.29 is 14.6 Å². The molecule has 0 aliphatic carbocycles. The predicted octanol–water partition coefficient (Wildman–Crippen LogP) is 1.71. The van der Waals surface area contributed by atoms with Crippen molar-refractivity contribution in [3.05, 3.63) is 0 Å². The van der Waals surface area contributed by atoms with Gasteiger partial charge in [-0.05, 0) is 25.2 Å². The third-order valence-corrected chi connectivity index (χ3v) is 2.52. The summed E-state index contributed by atoms with van der Waals surface area (Å²) >= 11 is 0. The van der Waals surface area contributed by atoms with Gasteiger partial charge in [-0.1, -0.05) is 27.7 Å². The number of aliphatic hydroxyl groups excluding tert-OH is 1. The maximum atomic E-state index is 11.6. The van der Waals surface area contributed by atoms with Crippen LogP contribution in [-0.4, -0.2) is 36.4 Å². The lowest BCUT2D eigenvalue weighted by molar-refractivity contribution is -0.128. The van der Waals surface area contributed by atoms with Crippen LogP contribution in [0.4, 0.5) is 0 Å². The highest BCUT2D eigenvalue weighted by molar-refractivity contribution is 5.77. The summed E-state index contributed by atoms with van der Waals surface area (Å²) in [5.41, 5.74) is 0.0816. The number of nitrogens with one attached hydrogen (secondary N) is 1. The molecule has 1 amide bonds. The minimum Gasteiger partial charge on any atom is -0.394 e. The molecule has 0 aromatic carbocycles. The van der Waals surface area contributed by atoms with Crippen molar-refractivity contribution in [3.63, 3.8) is 0 Å². The Labute approximate surface area is 105 Å². The number of rotatable bonds is 7. The second-order valence-corrected chi connectivity index (χ2v) is 5.74. The van der Waals surface area contributed by atoms with Crippen LogP contribution in [0.3, 0.4) is 0 Å². The van der Waals surface area contributed by atoms with E-state index in [2.05, 4.69) is 26.1 Å². The van der Waals surface area contributed by atoms with E-state index < -0.39 is 0 Å². The van der Waals surface area contributed by atoms with Gasteiger partial charge >= 0.3 is 0 Å². The molecule has 0 aromatic rings. The first-order valence-corrected chi connectivity index (χ1v) is 6.30. The standard InChI is InChI=1S/C13H27NO3/c1-6-10(2)17-9-12(16)14-11(8-15)7-13(3,4)5/h10-11,15H,6-9H2,1-5H3,(H,14,16). The summed E-state index contributed by atoms with van der Waals surface area (Å²) in [6.45, 7) is 10.2. The molecule has 0 aromatic heterocycles. The quantitative estimate of drug-likeness (QED) is 0.718. The average molecular weight is 245 g/mol. The van der Waals surface area contributed by atoms with E-state index in [4.69, 9.17) is 4.74 Å². The van der Waals surface area contributed by atoms with Gasteiger partial charge in [0.05, 0.1) is 18.8 Å². The number of carbonyl (C=O) groups excluding carboxylic acids is 1. The summed E-state index contributed by atoms with van der Waals surface area (Å²) in [6, 6.07) is -0.192. The predicted molar refractivity (Wildman–Crippen MR) is 68.8 cm³/mol. The zero-order valence-corrected chi connectivity index (χ0v) is 11.7. The molecule has 2 unspecified atom stereocenters. The normalized spacial score (nSPS) is 15.4. The van der Waals surface area contributed by atoms with Crippen LogP contribution < -0.4 is 5.32 Å². The maximum Gasteiger partial charge on any atom is 0.246 e. The second-order valence-electron chi connectivity index (χ2n) is 5.74. The van der Waals surface area contributed by atoms with E-state index >= 15 is 0 Å². The van der Waals surface area contributed by atoms with E-state index in [0.29, 0.717) is 0 Å². The van der Waals surface area contributed by atoms with E-state index in [1.807, 2.05) is 13.8 Å². The van der Waals surface area contributed by atoms with Crippen LogP contribution in [0.25, 0.3) is 0 Å². The summed E-state index contributed by atoms with van der Waals surface area (Å²) in [7, 11) is 0. The monoisotopic (exact) mass is 245 g/mol. The molecule has 4 nitrogen and oxygen atoms in total. The fraction of sp³-hybridized carbons (Fsp3) is 0.923. The molecule has 0 radical (unpaired) electrons. The van der Waals surface area contributed by atoms with Gasteiger partial charge in [0, 0.05) is 0 Å². The first kappa shape index (κ1) is 16.4. The van der Waals surface area contributed by atoms with E-state index in [1.54, 1.807) is 0 Å². The topological polar surface area (TPSA) is 58.6 Å². The summed E-state index contributed by atoms with van der Waals surface area (Å²) in [5, 5.41) is 12.0. The zero-order valence-electron chi connectivity index (χ0n) is 11.7. The third-order valence-electron chi connectivity index (χ3n) is 2.52. The van der Waals surface area contributed by atoms with Crippen molar-refractivity contribution >= 4 is 5.91 Å². The molecule has 0 saturated heterocycles. The third kappa shape index (κ3) is 9.12. The smallest absolute Gasteiger partial charge is 0.246 e. The summed E-state index contributed by atoms with van der Waals surface area (Å²) in [4.78, 5) is 11.6. The molecule has 0 aliphatic rings. The van der Waals surface area contributed by atoms with Gasteiger partial charge in [-0.2, -0.15) is 0 Å². The van der Waals surface area contributed by atoms with E-state index in [1.165, 1.54) is 0 Å². The van der Waals surface area contributed by atoms with Gasteiger partial charge in [0.15, 0.2) is 0 Å². The largest absolute Gasteiger partial charge is 0.394 e. The Balaban J connectivity index is 3.98. The van der Waals surface area contributed by atoms with Gasteiger partial charge in [0.2, 0.25) is 5.91 Å². The zero-order chi connectivity index (χ0) is 13.5. The van der Waals surface area contributed by atoms with Crippen LogP contribution in [-0.2, 0) is 9.53 Å². The Morgan fingerprint density at radius 1 is 1.41 bits per heavy atom. The molecule has 0 heterocycles. The van der Waals surface area contributed by atoms with E-state index in [9.17, 15) is 9.90 Å². The van der Waals surface area contributed by atoms with Crippen molar-refractivity contribution in [2.24, 2.45) is 5.41 Å². The first-order valence-electron chi connectivity index (χ1n) is 6.30. The van der Waals surface area contributed by atoms with Crippen molar-refractivity contribution in [2.45, 2.75) is 59.6 Å². The Morgan fingerprint density at radius 2 is 2.00 bits per heavy atom. The molecule has 0 fully saturated rings. The Bertz CT molecular complexity index is 223. The molecular weight excluding hydrogens is 218 g/mol. The second kappa shape index (κ2) is 7.67. The van der Waals surface area contributed by atoms with Gasteiger partial charge in [0.1, 0.15) is 6.61 Å². The highest BCUT2D eigenvalue weighted by atomic mass is 16.5. The van der Waals surface area contributed by atoms with Crippen molar-refractivity contribution in [2.75, 3.05) is 13.2 Å². The van der Waals surface area contributed by atoms with Gasteiger partial charge < -0.3 is 15.2 Å². The molecule has 0 aliphatic heterocycles. The van der Waals surface area contributed by atoms with Crippen molar-refractivity contribution in [1.29, 1.82) is 0 Å². The molecule has 4 heteroatoms. The molecule has 0 saturated carbocycles. The van der Waals surface area contributed by atoms with Crippen LogP contribution in [0.5, 0.6) is 0 Å². The summed E-state index contributed by atoms with van der Waals surface area (Å²) < 4.78 is 5.33. The SMILES string of the molecule is CCC(C)OCC(=O)NC(CO)CC(C)(C)C. The Kier molecular flexibility index (Phi) is 7.39. The highest BCUT2D eigenvalue weighted by Crippen LogP contribution is 2.20. The number of aliphatic hydroxyl groups is 1. The number of ether oxygens (including phenoxy) is 1. The molecular formula is C13H27NO3. The van der Waals surface area contributed by atoms with Crippen molar-refractivity contribution in [1.82, 2.24) is 5.32 Å². The lowest BCUT2D eigenvalue weighted by atomic mass is 9.88. The Hall–Kier alpha value is -0.610. The van der Waals surface area contributed by atoms with Crippen LogP contribution >= 0.6 is 0 Å². The summed E-state index contributed by atoms with van der Waals surface area (Å²) in [6.07, 6.45) is 1.73. The van der Waals surface area contributed by atoms with Crippen LogP contribution in [0.1, 0.15) is 47.5 Å². The fourth-order valence-corrected chi connectivity index (χ4v) is 1.51. The number of amides is 1. The fourth-order valence-electron chi connectivity index (χ4n) is 1.51. The molecule has 2 atom stereocenters. The number of carbonyl (C=O) groups is 1. The summed E-state index contributed by atoms with van der Waals surface area (Å²) in [5.74, 6) is -0.159. The number of hydrogen-bond acceptors (Lipinski definition) is 3. The molecule has 2 N–H and O–H groups in total. The highest BCUT2D eigenvalue weighted by Gasteiger charge is 2.19. The lowest BCUT2D eigenvalue weighted by Crippen LogP contribution is -2.42. The minimum atomic E-state index is -0.192. The van der Waals surface area contributed by atoms with E-state index in [0.717, 1.165) is 12.8 Å². The van der Waals surface area contributed by atoms with E-state index in [-0.39, 0.29) is 36.7 Å². The van der Waals surface area contributed by atoms with Crippen LogP contribution in [0, 0.1) is 5.41 Å². The van der Waals surface area contributed by atoms with Crippen LogP contribution in [0.15, 0.2) is 0 Å². The van der Waals surface area contributed by atoms with Gasteiger partial charge in [0.25, 0.3) is 0 Å². The van der Waals surface area contributed by atoms with Gasteiger partial charge in [-0.15, -0.1) is 0 Å². The minimum absolute atomic E-state index is 0.0354. The van der Waals surface area contributed by atoms with Gasteiger partial charge in [-0.3, -0.25) is 4.79 Å². The lowest BCUT2D eigenvalue weighted by Gasteiger charge is -2.25. The molecule has 0 spiro atoms. The maximum absolute atomic E-state index is 11.6. The molecule has 0 rings (SSSR count). The first-order chi connectivity index (χ1) is 7.78. The number of hydrogen-bond donors (Lipinski definition) is 2. The molecule has 0 bridgehead atoms. The van der Waals surface area contributed by atoms with Crippen LogP contribution in [0.2, 0.25) is 0 Å².